The maximum atomic E-state index is 12.7. The number of nitrogens with one attached hydrogen (secondary N) is 2. The molecule has 2 amide bonds. The fourth-order valence-corrected chi connectivity index (χ4v) is 2.90. The molecule has 0 aliphatic carbocycles. The second-order valence-corrected chi connectivity index (χ2v) is 6.45. The largest absolute Gasteiger partial charge is 0.344 e. The summed E-state index contributed by atoms with van der Waals surface area (Å²) in [5, 5.41) is 7.87. The van der Waals surface area contributed by atoms with Gasteiger partial charge in [0.15, 0.2) is 0 Å². The summed E-state index contributed by atoms with van der Waals surface area (Å²) < 4.78 is 0. The van der Waals surface area contributed by atoms with E-state index in [0.717, 1.165) is 21.9 Å². The number of fused-ring (bicyclic) bond motifs is 1. The van der Waals surface area contributed by atoms with E-state index in [2.05, 4.69) is 22.8 Å². The van der Waals surface area contributed by atoms with Gasteiger partial charge < -0.3 is 10.6 Å². The number of hydrogen-bond donors (Lipinski definition) is 2. The van der Waals surface area contributed by atoms with Crippen LogP contribution in [-0.2, 0) is 9.59 Å². The molecule has 0 heterocycles. The Morgan fingerprint density at radius 1 is 0.889 bits per heavy atom. The van der Waals surface area contributed by atoms with Crippen LogP contribution in [0.5, 0.6) is 0 Å². The van der Waals surface area contributed by atoms with E-state index < -0.39 is 0 Å². The van der Waals surface area contributed by atoms with Crippen LogP contribution < -0.4 is 10.6 Å². The van der Waals surface area contributed by atoms with Gasteiger partial charge in [0, 0.05) is 6.92 Å². The predicted molar refractivity (Wildman–Crippen MR) is 109 cm³/mol. The third-order valence-corrected chi connectivity index (χ3v) is 4.29. The van der Waals surface area contributed by atoms with Crippen molar-refractivity contribution >= 4 is 28.7 Å². The number of carbonyl (C=O) groups is 2. The van der Waals surface area contributed by atoms with E-state index in [4.69, 9.17) is 0 Å². The Hall–Kier alpha value is -3.40. The smallest absolute Gasteiger partial charge is 0.268 e. The number of amides is 2. The number of benzene rings is 3. The van der Waals surface area contributed by atoms with E-state index in [1.807, 2.05) is 67.6 Å². The number of carbonyl (C=O) groups excluding carboxylic acids is 2. The van der Waals surface area contributed by atoms with Crippen molar-refractivity contribution in [3.8, 4) is 0 Å². The molecule has 27 heavy (non-hydrogen) atoms. The molecule has 1 atom stereocenters. The Balaban J connectivity index is 1.81. The van der Waals surface area contributed by atoms with Crippen LogP contribution in [0.4, 0.5) is 0 Å². The molecular weight excluding hydrogens is 336 g/mol. The van der Waals surface area contributed by atoms with Gasteiger partial charge in [-0.1, -0.05) is 66.7 Å². The summed E-state index contributed by atoms with van der Waals surface area (Å²) in [6.45, 7) is 3.31. The zero-order valence-corrected chi connectivity index (χ0v) is 15.4. The highest BCUT2D eigenvalue weighted by Crippen LogP contribution is 2.20. The van der Waals surface area contributed by atoms with Crippen molar-refractivity contribution in [2.75, 3.05) is 0 Å². The fraction of sp³-hybridized carbons (Fsp3) is 0.130. The maximum Gasteiger partial charge on any atom is 0.268 e. The monoisotopic (exact) mass is 358 g/mol. The van der Waals surface area contributed by atoms with Gasteiger partial charge in [-0.15, -0.1) is 0 Å². The van der Waals surface area contributed by atoms with Gasteiger partial charge in [0.1, 0.15) is 5.70 Å². The first-order chi connectivity index (χ1) is 13.0. The van der Waals surface area contributed by atoms with E-state index >= 15 is 0 Å². The number of rotatable bonds is 5. The molecule has 4 nitrogen and oxygen atoms in total. The van der Waals surface area contributed by atoms with E-state index in [1.54, 1.807) is 6.08 Å². The molecule has 136 valence electrons. The Morgan fingerprint density at radius 3 is 2.26 bits per heavy atom. The van der Waals surface area contributed by atoms with Crippen molar-refractivity contribution in [3.63, 3.8) is 0 Å². The molecule has 0 saturated carbocycles. The summed E-state index contributed by atoms with van der Waals surface area (Å²) in [5.41, 5.74) is 2.07. The lowest BCUT2D eigenvalue weighted by Gasteiger charge is -2.17. The van der Waals surface area contributed by atoms with Crippen LogP contribution in [0.2, 0.25) is 0 Å². The lowest BCUT2D eigenvalue weighted by Crippen LogP contribution is -2.35. The molecule has 0 bridgehead atoms. The molecule has 0 saturated heterocycles. The van der Waals surface area contributed by atoms with Crippen molar-refractivity contribution in [3.05, 3.63) is 89.6 Å². The molecule has 0 fully saturated rings. The standard InChI is InChI=1S/C23H22N2O2/c1-16(20-13-12-19-10-6-7-11-21(19)15-20)24-23(27)22(25-17(2)26)14-18-8-4-3-5-9-18/h3-16H,1-2H3,(H,24,27)(H,25,26). The van der Waals surface area contributed by atoms with E-state index in [-0.39, 0.29) is 23.6 Å². The quantitative estimate of drug-likeness (QED) is 0.672. The molecule has 2 N–H and O–H groups in total. The van der Waals surface area contributed by atoms with Gasteiger partial charge in [0.05, 0.1) is 6.04 Å². The third kappa shape index (κ3) is 4.82. The average molecular weight is 358 g/mol. The Kier molecular flexibility index (Phi) is 5.67. The first-order valence-electron chi connectivity index (χ1n) is 8.87. The molecule has 3 aromatic carbocycles. The Bertz CT molecular complexity index is 993. The van der Waals surface area contributed by atoms with Crippen LogP contribution in [0.1, 0.15) is 31.0 Å². The molecule has 3 rings (SSSR count). The van der Waals surface area contributed by atoms with E-state index in [1.165, 1.54) is 6.92 Å². The van der Waals surface area contributed by atoms with Crippen molar-refractivity contribution < 1.29 is 9.59 Å². The minimum atomic E-state index is -0.324. The minimum absolute atomic E-state index is 0.199. The van der Waals surface area contributed by atoms with Crippen molar-refractivity contribution in [1.82, 2.24) is 10.6 Å². The average Bonchev–Trinajstić information content (AvgIpc) is 2.67. The lowest BCUT2D eigenvalue weighted by atomic mass is 10.0. The fourth-order valence-electron chi connectivity index (χ4n) is 2.90. The minimum Gasteiger partial charge on any atom is -0.344 e. The third-order valence-electron chi connectivity index (χ3n) is 4.29. The van der Waals surface area contributed by atoms with Gasteiger partial charge in [0.25, 0.3) is 5.91 Å². The molecule has 3 aromatic rings. The van der Waals surface area contributed by atoms with Crippen LogP contribution in [0, 0.1) is 0 Å². The molecular formula is C23H22N2O2. The molecule has 0 aliphatic rings. The highest BCUT2D eigenvalue weighted by atomic mass is 16.2. The van der Waals surface area contributed by atoms with Gasteiger partial charge in [-0.2, -0.15) is 0 Å². The van der Waals surface area contributed by atoms with Crippen molar-refractivity contribution in [2.24, 2.45) is 0 Å². The summed E-state index contributed by atoms with van der Waals surface area (Å²) in [5.74, 6) is -0.611. The summed E-state index contributed by atoms with van der Waals surface area (Å²) >= 11 is 0. The molecule has 0 aromatic heterocycles. The SMILES string of the molecule is CC(=O)NC(=Cc1ccccc1)C(=O)NC(C)c1ccc2ccccc2c1. The lowest BCUT2D eigenvalue weighted by molar-refractivity contribution is -0.122. The Labute approximate surface area is 158 Å². The van der Waals surface area contributed by atoms with Crippen molar-refractivity contribution in [2.45, 2.75) is 19.9 Å². The molecule has 0 aliphatic heterocycles. The zero-order valence-electron chi connectivity index (χ0n) is 15.4. The van der Waals surface area contributed by atoms with E-state index in [9.17, 15) is 9.59 Å². The van der Waals surface area contributed by atoms with Gasteiger partial charge in [0.2, 0.25) is 5.91 Å². The second kappa shape index (κ2) is 8.32. The van der Waals surface area contributed by atoms with Crippen LogP contribution >= 0.6 is 0 Å². The maximum absolute atomic E-state index is 12.7. The molecule has 1 unspecified atom stereocenters. The summed E-state index contributed by atoms with van der Waals surface area (Å²) in [7, 11) is 0. The molecule has 4 heteroatoms. The normalized spacial score (nSPS) is 12.4. The van der Waals surface area contributed by atoms with Crippen molar-refractivity contribution in [1.29, 1.82) is 0 Å². The van der Waals surface area contributed by atoms with E-state index in [0.29, 0.717) is 0 Å². The van der Waals surface area contributed by atoms with Gasteiger partial charge in [-0.05, 0) is 41.0 Å². The summed E-state index contributed by atoms with van der Waals surface area (Å²) in [6.07, 6.45) is 1.67. The van der Waals surface area contributed by atoms with Crippen LogP contribution in [-0.4, -0.2) is 11.8 Å². The highest BCUT2D eigenvalue weighted by Gasteiger charge is 2.15. The highest BCUT2D eigenvalue weighted by molar-refractivity contribution is 6.01. The van der Waals surface area contributed by atoms with Crippen LogP contribution in [0.25, 0.3) is 16.8 Å². The topological polar surface area (TPSA) is 58.2 Å². The second-order valence-electron chi connectivity index (χ2n) is 6.45. The van der Waals surface area contributed by atoms with Gasteiger partial charge >= 0.3 is 0 Å². The molecule has 0 spiro atoms. The number of hydrogen-bond acceptors (Lipinski definition) is 2. The predicted octanol–water partition coefficient (Wildman–Crippen LogP) is 4.19. The summed E-state index contributed by atoms with van der Waals surface area (Å²) in [6, 6.07) is 23.4. The first kappa shape index (κ1) is 18.4. The zero-order chi connectivity index (χ0) is 19.2. The Morgan fingerprint density at radius 2 is 1.56 bits per heavy atom. The summed E-state index contributed by atoms with van der Waals surface area (Å²) in [4.78, 5) is 24.3. The first-order valence-corrected chi connectivity index (χ1v) is 8.87. The van der Waals surface area contributed by atoms with Gasteiger partial charge in [-0.25, -0.2) is 0 Å². The van der Waals surface area contributed by atoms with Crippen LogP contribution in [0.3, 0.4) is 0 Å². The van der Waals surface area contributed by atoms with Gasteiger partial charge in [-0.3, -0.25) is 9.59 Å². The molecule has 0 radical (unpaired) electrons. The van der Waals surface area contributed by atoms with Crippen LogP contribution in [0.15, 0.2) is 78.5 Å².